The second kappa shape index (κ2) is 4.98. The number of hydrogen-bond acceptors (Lipinski definition) is 3. The van der Waals surface area contributed by atoms with E-state index in [1.165, 1.54) is 0 Å². The quantitative estimate of drug-likeness (QED) is 0.866. The predicted molar refractivity (Wildman–Crippen MR) is 81.8 cm³/mol. The van der Waals surface area contributed by atoms with Gasteiger partial charge in [-0.05, 0) is 18.2 Å². The van der Waals surface area contributed by atoms with Crippen LogP contribution in [0.5, 0.6) is 11.5 Å². The summed E-state index contributed by atoms with van der Waals surface area (Å²) in [6.45, 7) is 4.03. The maximum absolute atomic E-state index is 12.6. The van der Waals surface area contributed by atoms with E-state index in [0.717, 1.165) is 5.56 Å². The van der Waals surface area contributed by atoms with Crippen LogP contribution in [0.4, 0.5) is 5.69 Å². The standard InChI is InChI=1S/C17H15NO3/c1-11-13-6-4-5-7-14(13)17(19)18(11)12-8-9-15(20-2)16(10-12)21-3/h4-10H,1H2,2-3H3. The maximum atomic E-state index is 12.6. The number of fused-ring (bicyclic) bond motifs is 1. The first kappa shape index (κ1) is 13.2. The van der Waals surface area contributed by atoms with Gasteiger partial charge in [-0.1, -0.05) is 24.8 Å². The van der Waals surface area contributed by atoms with E-state index < -0.39 is 0 Å². The van der Waals surface area contributed by atoms with Crippen molar-refractivity contribution in [1.82, 2.24) is 0 Å². The second-order valence-electron chi connectivity index (χ2n) is 4.67. The molecule has 1 aliphatic rings. The lowest BCUT2D eigenvalue weighted by molar-refractivity contribution is 0.101. The molecule has 0 N–H and O–H groups in total. The highest BCUT2D eigenvalue weighted by molar-refractivity contribution is 6.22. The Morgan fingerprint density at radius 3 is 2.24 bits per heavy atom. The molecule has 0 radical (unpaired) electrons. The molecule has 2 aromatic rings. The van der Waals surface area contributed by atoms with Crippen molar-refractivity contribution in [3.8, 4) is 11.5 Å². The van der Waals surface area contributed by atoms with Crippen molar-refractivity contribution in [2.45, 2.75) is 0 Å². The Kier molecular flexibility index (Phi) is 3.14. The van der Waals surface area contributed by atoms with E-state index in [0.29, 0.717) is 28.4 Å². The zero-order chi connectivity index (χ0) is 15.0. The van der Waals surface area contributed by atoms with E-state index in [9.17, 15) is 4.79 Å². The number of benzene rings is 2. The molecule has 1 aliphatic heterocycles. The van der Waals surface area contributed by atoms with E-state index in [4.69, 9.17) is 9.47 Å². The van der Waals surface area contributed by atoms with Crippen LogP contribution in [-0.2, 0) is 0 Å². The van der Waals surface area contributed by atoms with Gasteiger partial charge in [-0.3, -0.25) is 9.69 Å². The lowest BCUT2D eigenvalue weighted by atomic mass is 10.1. The number of ether oxygens (including phenoxy) is 2. The van der Waals surface area contributed by atoms with Crippen LogP contribution in [0.3, 0.4) is 0 Å². The van der Waals surface area contributed by atoms with Gasteiger partial charge in [-0.2, -0.15) is 0 Å². The van der Waals surface area contributed by atoms with E-state index >= 15 is 0 Å². The topological polar surface area (TPSA) is 38.8 Å². The summed E-state index contributed by atoms with van der Waals surface area (Å²) in [5.41, 5.74) is 2.90. The first-order valence-electron chi connectivity index (χ1n) is 6.52. The molecule has 3 rings (SSSR count). The maximum Gasteiger partial charge on any atom is 0.263 e. The molecule has 0 fully saturated rings. The molecule has 0 bridgehead atoms. The zero-order valence-electron chi connectivity index (χ0n) is 11.9. The van der Waals surface area contributed by atoms with Crippen molar-refractivity contribution in [3.05, 3.63) is 60.2 Å². The molecule has 21 heavy (non-hydrogen) atoms. The highest BCUT2D eigenvalue weighted by atomic mass is 16.5. The van der Waals surface area contributed by atoms with Crippen LogP contribution in [0, 0.1) is 0 Å². The molecule has 1 heterocycles. The third-order valence-corrected chi connectivity index (χ3v) is 3.57. The Balaban J connectivity index is 2.07. The molecular weight excluding hydrogens is 266 g/mol. The van der Waals surface area contributed by atoms with Gasteiger partial charge in [-0.15, -0.1) is 0 Å². The number of nitrogens with zero attached hydrogens (tertiary/aromatic N) is 1. The number of anilines is 1. The largest absolute Gasteiger partial charge is 0.493 e. The summed E-state index contributed by atoms with van der Waals surface area (Å²) in [6.07, 6.45) is 0. The minimum Gasteiger partial charge on any atom is -0.493 e. The van der Waals surface area contributed by atoms with Crippen LogP contribution in [0.2, 0.25) is 0 Å². The van der Waals surface area contributed by atoms with Gasteiger partial charge in [0.1, 0.15) is 0 Å². The van der Waals surface area contributed by atoms with Gasteiger partial charge in [0.2, 0.25) is 0 Å². The molecule has 0 aromatic heterocycles. The summed E-state index contributed by atoms with van der Waals surface area (Å²) in [7, 11) is 3.14. The molecule has 106 valence electrons. The molecule has 4 heteroatoms. The van der Waals surface area contributed by atoms with Gasteiger partial charge >= 0.3 is 0 Å². The van der Waals surface area contributed by atoms with Crippen LogP contribution < -0.4 is 14.4 Å². The molecule has 0 atom stereocenters. The Hall–Kier alpha value is -2.75. The third-order valence-electron chi connectivity index (χ3n) is 3.57. The molecule has 0 aliphatic carbocycles. The number of amides is 1. The minimum atomic E-state index is -0.0807. The number of carbonyl (C=O) groups is 1. The van der Waals surface area contributed by atoms with Crippen LogP contribution in [0.15, 0.2) is 49.0 Å². The fourth-order valence-corrected chi connectivity index (χ4v) is 2.52. The summed E-state index contributed by atoms with van der Waals surface area (Å²) in [5.74, 6) is 1.12. The second-order valence-corrected chi connectivity index (χ2v) is 4.67. The lowest BCUT2D eigenvalue weighted by Crippen LogP contribution is -2.21. The predicted octanol–water partition coefficient (Wildman–Crippen LogP) is 3.33. The molecular formula is C17H15NO3. The number of methoxy groups -OCH3 is 2. The third kappa shape index (κ3) is 1.96. The van der Waals surface area contributed by atoms with Crippen LogP contribution in [0.25, 0.3) is 5.70 Å². The Morgan fingerprint density at radius 1 is 0.952 bits per heavy atom. The molecule has 0 saturated carbocycles. The van der Waals surface area contributed by atoms with Crippen LogP contribution >= 0.6 is 0 Å². The number of hydrogen-bond donors (Lipinski definition) is 0. The summed E-state index contributed by atoms with van der Waals surface area (Å²) >= 11 is 0. The van der Waals surface area contributed by atoms with Gasteiger partial charge in [0, 0.05) is 17.2 Å². The van der Waals surface area contributed by atoms with Crippen molar-refractivity contribution in [2.24, 2.45) is 0 Å². The van der Waals surface area contributed by atoms with Gasteiger partial charge in [0.15, 0.2) is 11.5 Å². The van der Waals surface area contributed by atoms with E-state index in [2.05, 4.69) is 6.58 Å². The van der Waals surface area contributed by atoms with Gasteiger partial charge in [0.25, 0.3) is 5.91 Å². The highest BCUT2D eigenvalue weighted by Gasteiger charge is 2.32. The van der Waals surface area contributed by atoms with E-state index in [-0.39, 0.29) is 5.91 Å². The lowest BCUT2D eigenvalue weighted by Gasteiger charge is -2.19. The van der Waals surface area contributed by atoms with E-state index in [1.54, 1.807) is 31.3 Å². The molecule has 2 aromatic carbocycles. The monoisotopic (exact) mass is 281 g/mol. The van der Waals surface area contributed by atoms with Crippen molar-refractivity contribution in [1.29, 1.82) is 0 Å². The summed E-state index contributed by atoms with van der Waals surface area (Å²) in [4.78, 5) is 14.1. The first-order chi connectivity index (χ1) is 10.2. The summed E-state index contributed by atoms with van der Waals surface area (Å²) in [5, 5.41) is 0. The van der Waals surface area contributed by atoms with Crippen molar-refractivity contribution in [2.75, 3.05) is 19.1 Å². The SMILES string of the molecule is C=C1c2ccccc2C(=O)N1c1ccc(OC)c(OC)c1. The Bertz CT molecular complexity index is 702. The van der Waals surface area contributed by atoms with Crippen molar-refractivity contribution in [3.63, 3.8) is 0 Å². The van der Waals surface area contributed by atoms with Crippen LogP contribution in [-0.4, -0.2) is 20.1 Å². The molecule has 0 unspecified atom stereocenters. The highest BCUT2D eigenvalue weighted by Crippen LogP contribution is 2.39. The molecule has 4 nitrogen and oxygen atoms in total. The molecule has 1 amide bonds. The smallest absolute Gasteiger partial charge is 0.263 e. The molecule has 0 spiro atoms. The fourth-order valence-electron chi connectivity index (χ4n) is 2.52. The number of carbonyl (C=O) groups excluding carboxylic acids is 1. The zero-order valence-corrected chi connectivity index (χ0v) is 11.9. The Labute approximate surface area is 123 Å². The van der Waals surface area contributed by atoms with Crippen LogP contribution in [0.1, 0.15) is 15.9 Å². The molecule has 0 saturated heterocycles. The normalized spacial score (nSPS) is 13.3. The van der Waals surface area contributed by atoms with E-state index in [1.807, 2.05) is 30.3 Å². The van der Waals surface area contributed by atoms with Gasteiger partial charge < -0.3 is 9.47 Å². The average molecular weight is 281 g/mol. The average Bonchev–Trinajstić information content (AvgIpc) is 2.78. The van der Waals surface area contributed by atoms with Crippen molar-refractivity contribution >= 4 is 17.3 Å². The Morgan fingerprint density at radius 2 is 1.62 bits per heavy atom. The fraction of sp³-hybridized carbons (Fsp3) is 0.118. The van der Waals surface area contributed by atoms with Gasteiger partial charge in [-0.25, -0.2) is 0 Å². The first-order valence-corrected chi connectivity index (χ1v) is 6.52. The summed E-state index contributed by atoms with van der Waals surface area (Å²) < 4.78 is 10.5. The number of rotatable bonds is 3. The minimum absolute atomic E-state index is 0.0807. The van der Waals surface area contributed by atoms with Crippen molar-refractivity contribution < 1.29 is 14.3 Å². The summed E-state index contributed by atoms with van der Waals surface area (Å²) in [6, 6.07) is 12.8. The van der Waals surface area contributed by atoms with Gasteiger partial charge in [0.05, 0.1) is 25.6 Å².